The van der Waals surface area contributed by atoms with Crippen molar-refractivity contribution < 1.29 is 17.6 Å². The van der Waals surface area contributed by atoms with E-state index in [4.69, 9.17) is 5.26 Å². The van der Waals surface area contributed by atoms with Gasteiger partial charge in [0.15, 0.2) is 0 Å². The van der Waals surface area contributed by atoms with Gasteiger partial charge in [0.2, 0.25) is 0 Å². The number of aryl methyl sites for hydroxylation is 1. The third kappa shape index (κ3) is 4.94. The van der Waals surface area contributed by atoms with E-state index in [0.29, 0.717) is 35.9 Å². The SMILES string of the molecule is CC[C@H]1CN([C@H](C)c2ccc(C(F)(F)F)cc2F)[C@H](CC)CN1c1cc(=O)n(C)c2cn(CC#N)nc12. The van der Waals surface area contributed by atoms with Crippen molar-refractivity contribution in [1.82, 2.24) is 19.2 Å². The Balaban J connectivity index is 1.70. The zero-order valence-electron chi connectivity index (χ0n) is 21.3. The lowest BCUT2D eigenvalue weighted by Gasteiger charge is -2.49. The van der Waals surface area contributed by atoms with Crippen LogP contribution in [-0.2, 0) is 19.8 Å². The van der Waals surface area contributed by atoms with E-state index >= 15 is 0 Å². The van der Waals surface area contributed by atoms with Crippen LogP contribution in [-0.4, -0.2) is 44.4 Å². The number of hydrogen-bond donors (Lipinski definition) is 0. The molecule has 1 aromatic carbocycles. The molecule has 37 heavy (non-hydrogen) atoms. The van der Waals surface area contributed by atoms with Crippen LogP contribution >= 0.6 is 0 Å². The van der Waals surface area contributed by atoms with Crippen molar-refractivity contribution in [2.45, 2.75) is 64.5 Å². The first-order valence-corrected chi connectivity index (χ1v) is 12.3. The summed E-state index contributed by atoms with van der Waals surface area (Å²) in [6.07, 6.45) is -1.47. The minimum atomic E-state index is -4.61. The molecule has 1 aliphatic heterocycles. The molecule has 7 nitrogen and oxygen atoms in total. The van der Waals surface area contributed by atoms with Gasteiger partial charge in [0.25, 0.3) is 5.56 Å². The quantitative estimate of drug-likeness (QED) is 0.436. The molecule has 0 radical (unpaired) electrons. The lowest BCUT2D eigenvalue weighted by atomic mass is 9.95. The molecular formula is C26H30F4N6O. The van der Waals surface area contributed by atoms with E-state index in [2.05, 4.69) is 21.0 Å². The fourth-order valence-electron chi connectivity index (χ4n) is 5.29. The number of fused-ring (bicyclic) bond motifs is 1. The van der Waals surface area contributed by atoms with E-state index in [9.17, 15) is 22.4 Å². The molecule has 2 aromatic heterocycles. The summed E-state index contributed by atoms with van der Waals surface area (Å²) in [6.45, 7) is 6.98. The van der Waals surface area contributed by atoms with Gasteiger partial charge in [0.1, 0.15) is 17.9 Å². The summed E-state index contributed by atoms with van der Waals surface area (Å²) in [5.41, 5.74) is 0.970. The van der Waals surface area contributed by atoms with Crippen molar-refractivity contribution in [3.8, 4) is 6.07 Å². The monoisotopic (exact) mass is 518 g/mol. The van der Waals surface area contributed by atoms with Crippen LogP contribution in [0.25, 0.3) is 11.0 Å². The number of halogens is 4. The molecule has 0 amide bonds. The number of aromatic nitrogens is 3. The molecule has 3 aromatic rings. The summed E-state index contributed by atoms with van der Waals surface area (Å²) in [6, 6.07) is 5.83. The van der Waals surface area contributed by atoms with E-state index < -0.39 is 23.6 Å². The molecule has 198 valence electrons. The Morgan fingerprint density at radius 1 is 1.16 bits per heavy atom. The number of nitriles is 1. The largest absolute Gasteiger partial charge is 0.416 e. The van der Waals surface area contributed by atoms with Gasteiger partial charge in [-0.25, -0.2) is 4.39 Å². The molecule has 4 rings (SSSR count). The number of anilines is 1. The zero-order valence-corrected chi connectivity index (χ0v) is 21.3. The lowest BCUT2D eigenvalue weighted by molar-refractivity contribution is -0.137. The molecule has 1 aliphatic rings. The van der Waals surface area contributed by atoms with E-state index in [-0.39, 0.29) is 29.8 Å². The Labute approximate surface area is 212 Å². The Morgan fingerprint density at radius 2 is 1.86 bits per heavy atom. The molecule has 0 bridgehead atoms. The predicted octanol–water partition coefficient (Wildman–Crippen LogP) is 4.86. The highest BCUT2D eigenvalue weighted by Gasteiger charge is 2.38. The number of benzene rings is 1. The maximum atomic E-state index is 14.9. The Kier molecular flexibility index (Phi) is 7.33. The maximum Gasteiger partial charge on any atom is 0.416 e. The molecule has 1 saturated heterocycles. The van der Waals surface area contributed by atoms with Crippen LogP contribution in [0, 0.1) is 17.1 Å². The van der Waals surface area contributed by atoms with E-state index in [0.717, 1.165) is 18.9 Å². The average molecular weight is 519 g/mol. The summed E-state index contributed by atoms with van der Waals surface area (Å²) in [7, 11) is 1.66. The number of piperazine rings is 1. The first-order valence-electron chi connectivity index (χ1n) is 12.3. The van der Waals surface area contributed by atoms with Crippen molar-refractivity contribution in [3.63, 3.8) is 0 Å². The topological polar surface area (TPSA) is 70.1 Å². The van der Waals surface area contributed by atoms with Crippen LogP contribution in [0.1, 0.15) is 50.8 Å². The summed E-state index contributed by atoms with van der Waals surface area (Å²) in [4.78, 5) is 17.1. The van der Waals surface area contributed by atoms with Gasteiger partial charge >= 0.3 is 6.18 Å². The molecule has 0 aliphatic carbocycles. The van der Waals surface area contributed by atoms with Gasteiger partial charge < -0.3 is 9.47 Å². The number of alkyl halides is 3. The van der Waals surface area contributed by atoms with Crippen LogP contribution in [0.3, 0.4) is 0 Å². The van der Waals surface area contributed by atoms with Gasteiger partial charge in [-0.3, -0.25) is 14.4 Å². The predicted molar refractivity (Wildman–Crippen MR) is 133 cm³/mol. The van der Waals surface area contributed by atoms with Crippen molar-refractivity contribution in [1.29, 1.82) is 5.26 Å². The standard InChI is InChI=1S/C26H30F4N6O/c1-5-18-14-36(22-12-24(37)33(4)23-15-34(10-9-31)32-25(22)23)19(6-2)13-35(18)16(3)20-8-7-17(11-21(20)27)26(28,29)30/h7-8,11-12,15-16,18-19H,5-6,10,13-14H2,1-4H3/t16-,18-,19+/m1/s1. The minimum absolute atomic E-state index is 0.0419. The highest BCUT2D eigenvalue weighted by Crippen LogP contribution is 2.36. The molecule has 1 fully saturated rings. The van der Waals surface area contributed by atoms with Gasteiger partial charge in [-0.15, -0.1) is 0 Å². The summed E-state index contributed by atoms with van der Waals surface area (Å²) >= 11 is 0. The summed E-state index contributed by atoms with van der Waals surface area (Å²) in [5, 5.41) is 13.7. The fourth-order valence-corrected chi connectivity index (χ4v) is 5.29. The molecule has 11 heteroatoms. The van der Waals surface area contributed by atoms with Crippen LogP contribution in [0.4, 0.5) is 23.2 Å². The molecule has 3 atom stereocenters. The van der Waals surface area contributed by atoms with Crippen molar-refractivity contribution in [2.24, 2.45) is 7.05 Å². The Morgan fingerprint density at radius 3 is 2.46 bits per heavy atom. The van der Waals surface area contributed by atoms with Gasteiger partial charge in [0, 0.05) is 49.9 Å². The molecule has 0 spiro atoms. The molecule has 0 saturated carbocycles. The maximum absolute atomic E-state index is 14.9. The van der Waals surface area contributed by atoms with Crippen LogP contribution < -0.4 is 10.5 Å². The lowest BCUT2D eigenvalue weighted by Crippen LogP contribution is -2.59. The number of rotatable bonds is 6. The first kappa shape index (κ1) is 26.7. The third-order valence-corrected chi connectivity index (χ3v) is 7.44. The van der Waals surface area contributed by atoms with Crippen molar-refractivity contribution in [2.75, 3.05) is 18.0 Å². The second kappa shape index (κ2) is 10.2. The fraction of sp³-hybridized carbons (Fsp3) is 0.500. The third-order valence-electron chi connectivity index (χ3n) is 7.44. The van der Waals surface area contributed by atoms with Gasteiger partial charge in [0.05, 0.1) is 29.0 Å². The Bertz CT molecular complexity index is 1390. The first-order chi connectivity index (χ1) is 17.5. The Hall–Kier alpha value is -3.39. The number of pyridine rings is 1. The molecular weight excluding hydrogens is 488 g/mol. The van der Waals surface area contributed by atoms with Gasteiger partial charge in [-0.05, 0) is 31.9 Å². The second-order valence-electron chi connectivity index (χ2n) is 9.53. The number of hydrogen-bond acceptors (Lipinski definition) is 5. The minimum Gasteiger partial charge on any atom is -0.364 e. The highest BCUT2D eigenvalue weighted by molar-refractivity contribution is 5.88. The van der Waals surface area contributed by atoms with Gasteiger partial charge in [-0.2, -0.15) is 23.5 Å². The highest BCUT2D eigenvalue weighted by atomic mass is 19.4. The molecule has 0 unspecified atom stereocenters. The van der Waals surface area contributed by atoms with Crippen LogP contribution in [0.5, 0.6) is 0 Å². The van der Waals surface area contributed by atoms with E-state index in [1.807, 2.05) is 20.8 Å². The normalized spacial score (nSPS) is 19.8. The summed E-state index contributed by atoms with van der Waals surface area (Å²) in [5.74, 6) is -0.871. The van der Waals surface area contributed by atoms with Crippen LogP contribution in [0.2, 0.25) is 0 Å². The molecule has 0 N–H and O–H groups in total. The van der Waals surface area contributed by atoms with Gasteiger partial charge in [-0.1, -0.05) is 19.9 Å². The van der Waals surface area contributed by atoms with Crippen molar-refractivity contribution >= 4 is 16.7 Å². The number of nitrogens with zero attached hydrogens (tertiary/aromatic N) is 6. The van der Waals surface area contributed by atoms with E-state index in [1.54, 1.807) is 19.3 Å². The second-order valence-corrected chi connectivity index (χ2v) is 9.53. The van der Waals surface area contributed by atoms with Crippen molar-refractivity contribution in [3.05, 3.63) is 57.8 Å². The van der Waals surface area contributed by atoms with E-state index in [1.165, 1.54) is 15.3 Å². The average Bonchev–Trinajstić information content (AvgIpc) is 3.28. The smallest absolute Gasteiger partial charge is 0.364 e. The molecule has 3 heterocycles. The zero-order chi connectivity index (χ0) is 27.1. The summed E-state index contributed by atoms with van der Waals surface area (Å²) < 4.78 is 57.0. The van der Waals surface area contributed by atoms with Crippen LogP contribution in [0.15, 0.2) is 35.3 Å².